The Kier molecular flexibility index (Phi) is 4.58. The average Bonchev–Trinajstić information content (AvgIpc) is 3.44. The van der Waals surface area contributed by atoms with Crippen molar-refractivity contribution in [2.45, 2.75) is 50.2 Å². The van der Waals surface area contributed by atoms with Crippen molar-refractivity contribution in [1.82, 2.24) is 4.90 Å². The van der Waals surface area contributed by atoms with Crippen molar-refractivity contribution in [1.29, 1.82) is 0 Å². The van der Waals surface area contributed by atoms with E-state index < -0.39 is 0 Å². The highest BCUT2D eigenvalue weighted by molar-refractivity contribution is 5.81. The van der Waals surface area contributed by atoms with Crippen LogP contribution in [0.5, 0.6) is 0 Å². The van der Waals surface area contributed by atoms with Gasteiger partial charge >= 0.3 is 5.97 Å². The summed E-state index contributed by atoms with van der Waals surface area (Å²) in [6, 6.07) is 19.7. The van der Waals surface area contributed by atoms with E-state index in [2.05, 4.69) is 53.4 Å². The minimum atomic E-state index is -0.101. The fourth-order valence-corrected chi connectivity index (χ4v) is 4.31. The molecule has 0 aromatic heterocycles. The van der Waals surface area contributed by atoms with Crippen molar-refractivity contribution in [3.05, 3.63) is 60.2 Å². The molecule has 1 heterocycles. The second kappa shape index (κ2) is 7.01. The van der Waals surface area contributed by atoms with E-state index in [-0.39, 0.29) is 18.1 Å². The number of carbonyl (C=O) groups excluding carboxylic acids is 1. The molecule has 130 valence electrons. The van der Waals surface area contributed by atoms with Crippen LogP contribution >= 0.6 is 0 Å². The second-order valence-electron chi connectivity index (χ2n) is 7.14. The molecule has 1 aliphatic heterocycles. The van der Waals surface area contributed by atoms with Gasteiger partial charge in [0.25, 0.3) is 0 Å². The molecule has 1 unspecified atom stereocenters. The summed E-state index contributed by atoms with van der Waals surface area (Å²) in [4.78, 5) is 14.6. The van der Waals surface area contributed by atoms with Gasteiger partial charge in [-0.1, -0.05) is 73.9 Å². The van der Waals surface area contributed by atoms with Crippen LogP contribution in [0, 0.1) is 0 Å². The van der Waals surface area contributed by atoms with Crippen LogP contribution in [0.1, 0.15) is 43.7 Å². The standard InChI is InChI=1S/C22H25NO2/c1-25-22(24)21-20(23(21)19-10-6-3-7-11-19)18-14-12-17(13-15-18)16-8-4-2-5-9-16/h2,4-5,8-9,12-15,19-21H,3,6-7,10-11H2,1H3/t20-,21-,23?/m0/s1. The van der Waals surface area contributed by atoms with Gasteiger partial charge in [-0.15, -0.1) is 0 Å². The number of benzene rings is 2. The van der Waals surface area contributed by atoms with Crippen LogP contribution < -0.4 is 0 Å². The number of nitrogens with zero attached hydrogens (tertiary/aromatic N) is 1. The van der Waals surface area contributed by atoms with Gasteiger partial charge in [-0.05, 0) is 29.5 Å². The molecule has 0 radical (unpaired) electrons. The highest BCUT2D eigenvalue weighted by Gasteiger charge is 2.56. The van der Waals surface area contributed by atoms with Crippen LogP contribution in [0.4, 0.5) is 0 Å². The van der Waals surface area contributed by atoms with Gasteiger partial charge in [-0.25, -0.2) is 0 Å². The zero-order valence-corrected chi connectivity index (χ0v) is 14.7. The van der Waals surface area contributed by atoms with Gasteiger partial charge < -0.3 is 4.74 Å². The van der Waals surface area contributed by atoms with Gasteiger partial charge in [-0.3, -0.25) is 9.69 Å². The summed E-state index contributed by atoms with van der Waals surface area (Å²) in [6.07, 6.45) is 6.27. The van der Waals surface area contributed by atoms with Gasteiger partial charge in [0.2, 0.25) is 0 Å². The summed E-state index contributed by atoms with van der Waals surface area (Å²) in [5.74, 6) is -0.0947. The minimum Gasteiger partial charge on any atom is -0.468 e. The maximum Gasteiger partial charge on any atom is 0.325 e. The number of methoxy groups -OCH3 is 1. The van der Waals surface area contributed by atoms with E-state index in [1.54, 1.807) is 0 Å². The molecule has 1 saturated carbocycles. The van der Waals surface area contributed by atoms with E-state index in [1.807, 2.05) is 6.07 Å². The Morgan fingerprint density at radius 1 is 0.920 bits per heavy atom. The number of rotatable bonds is 4. The lowest BCUT2D eigenvalue weighted by Crippen LogP contribution is -2.26. The molecule has 0 bridgehead atoms. The van der Waals surface area contributed by atoms with Crippen LogP contribution in [0.2, 0.25) is 0 Å². The van der Waals surface area contributed by atoms with Gasteiger partial charge in [0.05, 0.1) is 13.2 Å². The maximum atomic E-state index is 12.2. The minimum absolute atomic E-state index is 0.0947. The summed E-state index contributed by atoms with van der Waals surface area (Å²) < 4.78 is 5.06. The molecule has 3 heteroatoms. The van der Waals surface area contributed by atoms with Crippen LogP contribution in [-0.4, -0.2) is 30.1 Å². The monoisotopic (exact) mass is 335 g/mol. The Morgan fingerprint density at radius 2 is 1.56 bits per heavy atom. The number of hydrogen-bond acceptors (Lipinski definition) is 3. The van der Waals surface area contributed by atoms with E-state index in [0.717, 1.165) is 0 Å². The molecule has 0 spiro atoms. The average molecular weight is 335 g/mol. The molecule has 4 rings (SSSR count). The van der Waals surface area contributed by atoms with E-state index in [0.29, 0.717) is 6.04 Å². The molecule has 0 N–H and O–H groups in total. The molecule has 25 heavy (non-hydrogen) atoms. The predicted octanol–water partition coefficient (Wildman–Crippen LogP) is 4.58. The number of esters is 1. The van der Waals surface area contributed by atoms with Crippen molar-refractivity contribution < 1.29 is 9.53 Å². The SMILES string of the molecule is COC(=O)[C@@H]1[C@H](c2ccc(-c3ccccc3)cc2)N1C1CCCCC1. The first-order chi connectivity index (χ1) is 12.3. The lowest BCUT2D eigenvalue weighted by Gasteiger charge is -2.24. The topological polar surface area (TPSA) is 29.3 Å². The van der Waals surface area contributed by atoms with Crippen LogP contribution in [0.15, 0.2) is 54.6 Å². The largest absolute Gasteiger partial charge is 0.468 e. The molecule has 2 aromatic carbocycles. The summed E-state index contributed by atoms with van der Waals surface area (Å²) >= 11 is 0. The van der Waals surface area contributed by atoms with E-state index in [9.17, 15) is 4.79 Å². The molecule has 2 aromatic rings. The van der Waals surface area contributed by atoms with Gasteiger partial charge in [0, 0.05) is 6.04 Å². The highest BCUT2D eigenvalue weighted by Crippen LogP contribution is 2.48. The maximum absolute atomic E-state index is 12.2. The van der Waals surface area contributed by atoms with Crippen LogP contribution in [0.3, 0.4) is 0 Å². The van der Waals surface area contributed by atoms with Crippen molar-refractivity contribution in [3.8, 4) is 11.1 Å². The molecule has 2 aliphatic rings. The zero-order valence-electron chi connectivity index (χ0n) is 14.7. The van der Waals surface area contributed by atoms with E-state index in [4.69, 9.17) is 4.74 Å². The summed E-state index contributed by atoms with van der Waals surface area (Å²) in [7, 11) is 1.50. The summed E-state index contributed by atoms with van der Waals surface area (Å²) in [5.41, 5.74) is 3.66. The molecule has 3 nitrogen and oxygen atoms in total. The quantitative estimate of drug-likeness (QED) is 0.605. The molecule has 2 fully saturated rings. The lowest BCUT2D eigenvalue weighted by atomic mass is 9.95. The first kappa shape index (κ1) is 16.3. The Bertz CT molecular complexity index is 719. The predicted molar refractivity (Wildman–Crippen MR) is 99.1 cm³/mol. The van der Waals surface area contributed by atoms with Gasteiger partial charge in [0.15, 0.2) is 0 Å². The number of carbonyl (C=O) groups is 1. The molecule has 1 saturated heterocycles. The molecule has 3 atom stereocenters. The fraction of sp³-hybridized carbons (Fsp3) is 0.409. The summed E-state index contributed by atoms with van der Waals surface area (Å²) in [6.45, 7) is 0. The third kappa shape index (κ3) is 3.21. The van der Waals surface area contributed by atoms with Crippen molar-refractivity contribution in [2.75, 3.05) is 7.11 Å². The fourth-order valence-electron chi connectivity index (χ4n) is 4.31. The van der Waals surface area contributed by atoms with Crippen molar-refractivity contribution >= 4 is 5.97 Å². The smallest absolute Gasteiger partial charge is 0.325 e. The van der Waals surface area contributed by atoms with E-state index >= 15 is 0 Å². The van der Waals surface area contributed by atoms with Crippen LogP contribution in [-0.2, 0) is 9.53 Å². The Balaban J connectivity index is 1.55. The van der Waals surface area contributed by atoms with Gasteiger partial charge in [0.1, 0.15) is 6.04 Å². The van der Waals surface area contributed by atoms with Gasteiger partial charge in [-0.2, -0.15) is 0 Å². The molecular formula is C22H25NO2. The zero-order chi connectivity index (χ0) is 17.2. The van der Waals surface area contributed by atoms with Crippen LogP contribution in [0.25, 0.3) is 11.1 Å². The van der Waals surface area contributed by atoms with E-state index in [1.165, 1.54) is 55.9 Å². The third-order valence-corrected chi connectivity index (χ3v) is 5.65. The Labute approximate surface area is 149 Å². The summed E-state index contributed by atoms with van der Waals surface area (Å²) in [5, 5.41) is 0. The van der Waals surface area contributed by atoms with Crippen molar-refractivity contribution in [2.24, 2.45) is 0 Å². The second-order valence-corrected chi connectivity index (χ2v) is 7.14. The molecule has 1 aliphatic carbocycles. The molecular weight excluding hydrogens is 310 g/mol. The van der Waals surface area contributed by atoms with Crippen molar-refractivity contribution in [3.63, 3.8) is 0 Å². The Morgan fingerprint density at radius 3 is 2.20 bits per heavy atom. The number of hydrogen-bond donors (Lipinski definition) is 0. The first-order valence-corrected chi connectivity index (χ1v) is 9.30. The normalized spacial score (nSPS) is 26.2. The number of ether oxygens (including phenoxy) is 1. The highest BCUT2D eigenvalue weighted by atomic mass is 16.5. The first-order valence-electron chi connectivity index (χ1n) is 9.30. The molecule has 0 amide bonds. The Hall–Kier alpha value is -2.13. The lowest BCUT2D eigenvalue weighted by molar-refractivity contribution is -0.141. The third-order valence-electron chi connectivity index (χ3n) is 5.65.